The number of nitrogens with one attached hydrogen (secondary N) is 2. The van der Waals surface area contributed by atoms with Gasteiger partial charge in [0.1, 0.15) is 0 Å². The Labute approximate surface area is 143 Å². The molecule has 4 rings (SSSR count). The molecule has 4 amide bonds. The van der Waals surface area contributed by atoms with Gasteiger partial charge in [0.15, 0.2) is 6.35 Å². The van der Waals surface area contributed by atoms with E-state index in [0.717, 1.165) is 0 Å². The van der Waals surface area contributed by atoms with Gasteiger partial charge in [0.25, 0.3) is 0 Å². The summed E-state index contributed by atoms with van der Waals surface area (Å²) in [5.74, 6) is -2.17. The van der Waals surface area contributed by atoms with Crippen molar-refractivity contribution in [3.8, 4) is 0 Å². The molecule has 1 aliphatic carbocycles. The summed E-state index contributed by atoms with van der Waals surface area (Å²) in [5, 5.41) is 15.1. The average Bonchev–Trinajstić information content (AvgIpc) is 2.75. The summed E-state index contributed by atoms with van der Waals surface area (Å²) in [4.78, 5) is 52.8. The van der Waals surface area contributed by atoms with Crippen molar-refractivity contribution in [2.24, 2.45) is 16.7 Å². The van der Waals surface area contributed by atoms with E-state index >= 15 is 0 Å². The van der Waals surface area contributed by atoms with Crippen molar-refractivity contribution in [3.63, 3.8) is 0 Å². The van der Waals surface area contributed by atoms with Crippen LogP contribution in [0.4, 0.5) is 4.79 Å². The Balaban J connectivity index is 1.86. The van der Waals surface area contributed by atoms with Crippen LogP contribution in [0, 0.1) is 16.7 Å². The van der Waals surface area contributed by atoms with Crippen molar-refractivity contribution >= 4 is 23.8 Å². The fourth-order valence-corrected chi connectivity index (χ4v) is 5.09. The maximum Gasteiger partial charge on any atom is 0.324 e. The first-order valence-corrected chi connectivity index (χ1v) is 8.12. The number of nitrogens with zero attached hydrogens (tertiary/aromatic N) is 2. The first-order chi connectivity index (χ1) is 11.7. The van der Waals surface area contributed by atoms with Crippen molar-refractivity contribution in [2.75, 3.05) is 20.2 Å². The number of methoxy groups -OCH3 is 1. The topological polar surface area (TPSA) is 128 Å². The summed E-state index contributed by atoms with van der Waals surface area (Å²) >= 11 is 0. The lowest BCUT2D eigenvalue weighted by Gasteiger charge is -2.71. The molecule has 10 heteroatoms. The molecule has 4 aliphatic rings. The van der Waals surface area contributed by atoms with Crippen LogP contribution in [0.5, 0.6) is 0 Å². The molecule has 6 unspecified atom stereocenters. The molecule has 0 aromatic heterocycles. The predicted molar refractivity (Wildman–Crippen MR) is 80.4 cm³/mol. The molecule has 3 aliphatic heterocycles. The molecule has 136 valence electrons. The van der Waals surface area contributed by atoms with Crippen LogP contribution in [0.25, 0.3) is 0 Å². The van der Waals surface area contributed by atoms with Gasteiger partial charge in [-0.3, -0.25) is 24.6 Å². The molecule has 3 N–H and O–H groups in total. The van der Waals surface area contributed by atoms with Gasteiger partial charge >= 0.3 is 12.0 Å². The normalized spacial score (nSPS) is 45.6. The number of carbonyl (C=O) groups is 4. The van der Waals surface area contributed by atoms with Crippen LogP contribution in [0.15, 0.2) is 0 Å². The summed E-state index contributed by atoms with van der Waals surface area (Å²) in [5.41, 5.74) is -2.29. The Kier molecular flexibility index (Phi) is 3.06. The van der Waals surface area contributed by atoms with Crippen LogP contribution in [0.3, 0.4) is 0 Å². The number of aliphatic hydroxyl groups is 1. The number of carbonyl (C=O) groups excluding carboxylic acids is 4. The zero-order valence-corrected chi connectivity index (χ0v) is 14.1. The molecule has 1 saturated carbocycles. The van der Waals surface area contributed by atoms with Crippen molar-refractivity contribution in [3.05, 3.63) is 0 Å². The number of ether oxygens (including phenoxy) is 1. The number of fused-ring (bicyclic) bond motifs is 1. The highest BCUT2D eigenvalue weighted by Crippen LogP contribution is 2.63. The minimum Gasteiger partial charge on any atom is -0.469 e. The number of hydrogen-bond donors (Lipinski definition) is 3. The molecular formula is C15H20N4O6. The van der Waals surface area contributed by atoms with E-state index in [1.165, 1.54) is 12.0 Å². The number of aliphatic hydroxyl groups excluding tert-OH is 1. The van der Waals surface area contributed by atoms with E-state index in [1.54, 1.807) is 18.7 Å². The Bertz CT molecular complexity index is 712. The summed E-state index contributed by atoms with van der Waals surface area (Å²) in [6, 6.07) is -1.76. The smallest absolute Gasteiger partial charge is 0.324 e. The molecule has 3 saturated heterocycles. The minimum absolute atomic E-state index is 0.0516. The fourth-order valence-electron chi connectivity index (χ4n) is 5.09. The van der Waals surface area contributed by atoms with Gasteiger partial charge < -0.3 is 20.1 Å². The van der Waals surface area contributed by atoms with Gasteiger partial charge in [-0.05, 0) is 13.8 Å². The van der Waals surface area contributed by atoms with Gasteiger partial charge in [-0.25, -0.2) is 4.79 Å². The van der Waals surface area contributed by atoms with Gasteiger partial charge in [-0.1, -0.05) is 0 Å². The highest BCUT2D eigenvalue weighted by molar-refractivity contribution is 6.07. The lowest BCUT2D eigenvalue weighted by Crippen LogP contribution is -2.91. The van der Waals surface area contributed by atoms with Gasteiger partial charge in [-0.15, -0.1) is 0 Å². The van der Waals surface area contributed by atoms with Crippen LogP contribution in [-0.4, -0.2) is 77.4 Å². The largest absolute Gasteiger partial charge is 0.469 e. The highest BCUT2D eigenvalue weighted by atomic mass is 16.5. The zero-order chi connectivity index (χ0) is 18.3. The number of amides is 4. The van der Waals surface area contributed by atoms with E-state index in [2.05, 4.69) is 10.6 Å². The van der Waals surface area contributed by atoms with Gasteiger partial charge in [0.05, 0.1) is 35.9 Å². The molecule has 0 radical (unpaired) electrons. The number of rotatable bonds is 1. The predicted octanol–water partition coefficient (Wildman–Crippen LogP) is -2.19. The second-order valence-electron chi connectivity index (χ2n) is 7.47. The molecule has 0 aromatic rings. The maximum atomic E-state index is 12.7. The fraction of sp³-hybridized carbons (Fsp3) is 0.733. The molecule has 25 heavy (non-hydrogen) atoms. The summed E-state index contributed by atoms with van der Waals surface area (Å²) in [6.45, 7) is 3.47. The van der Waals surface area contributed by atoms with Gasteiger partial charge in [0, 0.05) is 13.1 Å². The number of imide groups is 1. The standard InChI is InChI=1S/C15H20N4O6/c1-14-7-8-15(14,2)11(22)17-13(24)19(8)5-6(9(20)25-3)4-18(7)12(23)16-10(14)21/h6-8,12,23H,4-5H2,1-3H3,(H,16,21)(H,17,22,24). The molecule has 4 fully saturated rings. The Morgan fingerprint density at radius 3 is 2.44 bits per heavy atom. The van der Waals surface area contributed by atoms with Gasteiger partial charge in [-0.2, -0.15) is 0 Å². The second kappa shape index (κ2) is 4.70. The van der Waals surface area contributed by atoms with E-state index in [9.17, 15) is 24.3 Å². The van der Waals surface area contributed by atoms with E-state index < -0.39 is 59.0 Å². The van der Waals surface area contributed by atoms with Crippen LogP contribution in [-0.2, 0) is 19.1 Å². The van der Waals surface area contributed by atoms with Gasteiger partial charge in [0.2, 0.25) is 11.8 Å². The molecule has 6 atom stereocenters. The van der Waals surface area contributed by atoms with Crippen LogP contribution in [0.2, 0.25) is 0 Å². The molecule has 10 nitrogen and oxygen atoms in total. The molecule has 0 spiro atoms. The Morgan fingerprint density at radius 1 is 1.16 bits per heavy atom. The molecule has 0 bridgehead atoms. The molecule has 3 heterocycles. The van der Waals surface area contributed by atoms with E-state index in [-0.39, 0.29) is 13.1 Å². The third-order valence-electron chi connectivity index (χ3n) is 6.64. The van der Waals surface area contributed by atoms with Crippen LogP contribution < -0.4 is 10.6 Å². The quantitative estimate of drug-likeness (QED) is 0.457. The maximum absolute atomic E-state index is 12.7. The number of urea groups is 1. The molecular weight excluding hydrogens is 332 g/mol. The summed E-state index contributed by atoms with van der Waals surface area (Å²) in [7, 11) is 1.25. The van der Waals surface area contributed by atoms with Crippen molar-refractivity contribution < 1.29 is 29.0 Å². The first kappa shape index (κ1) is 16.3. The Hall–Kier alpha value is -2.20. The number of hydrogen-bond acceptors (Lipinski definition) is 7. The average molecular weight is 352 g/mol. The molecule has 0 aromatic carbocycles. The summed E-state index contributed by atoms with van der Waals surface area (Å²) < 4.78 is 4.81. The first-order valence-electron chi connectivity index (χ1n) is 8.12. The van der Waals surface area contributed by atoms with Crippen molar-refractivity contribution in [1.29, 1.82) is 0 Å². The van der Waals surface area contributed by atoms with E-state index in [4.69, 9.17) is 4.74 Å². The highest BCUT2D eigenvalue weighted by Gasteiger charge is 2.81. The third kappa shape index (κ3) is 1.61. The van der Waals surface area contributed by atoms with E-state index in [0.29, 0.717) is 0 Å². The monoisotopic (exact) mass is 352 g/mol. The second-order valence-corrected chi connectivity index (χ2v) is 7.47. The Morgan fingerprint density at radius 2 is 1.80 bits per heavy atom. The lowest BCUT2D eigenvalue weighted by molar-refractivity contribution is -0.245. The number of esters is 1. The third-order valence-corrected chi connectivity index (χ3v) is 6.64. The zero-order valence-electron chi connectivity index (χ0n) is 14.1. The van der Waals surface area contributed by atoms with Crippen molar-refractivity contribution in [2.45, 2.75) is 32.3 Å². The van der Waals surface area contributed by atoms with Crippen LogP contribution in [0.1, 0.15) is 13.8 Å². The lowest BCUT2D eigenvalue weighted by atomic mass is 9.42. The van der Waals surface area contributed by atoms with Crippen LogP contribution >= 0.6 is 0 Å². The van der Waals surface area contributed by atoms with E-state index in [1.807, 2.05) is 0 Å². The minimum atomic E-state index is -1.29. The summed E-state index contributed by atoms with van der Waals surface area (Å²) in [6.07, 6.45) is -1.29. The van der Waals surface area contributed by atoms with Crippen molar-refractivity contribution in [1.82, 2.24) is 20.4 Å². The SMILES string of the molecule is COC(=O)C1CN2C(=O)NC(=O)C3(C)C2C2N(C1)C(O)NC(=O)C23C.